The highest BCUT2D eigenvalue weighted by atomic mass is 19.4. The van der Waals surface area contributed by atoms with Gasteiger partial charge in [0.1, 0.15) is 5.82 Å². The summed E-state index contributed by atoms with van der Waals surface area (Å²) in [7, 11) is 0. The van der Waals surface area contributed by atoms with Crippen molar-refractivity contribution >= 4 is 0 Å². The van der Waals surface area contributed by atoms with Crippen molar-refractivity contribution in [3.63, 3.8) is 0 Å². The van der Waals surface area contributed by atoms with Crippen LogP contribution in [0.15, 0.2) is 36.7 Å². The van der Waals surface area contributed by atoms with Gasteiger partial charge in [0.25, 0.3) is 0 Å². The zero-order chi connectivity index (χ0) is 16.3. The number of imidazole rings is 1. The molecular formula is C17H19F3N2O. The minimum Gasteiger partial charge on any atom is -0.381 e. The zero-order valence-corrected chi connectivity index (χ0v) is 12.7. The first kappa shape index (κ1) is 16.1. The lowest BCUT2D eigenvalue weighted by Gasteiger charge is -2.22. The number of halogens is 3. The number of alkyl halides is 3. The molecule has 0 saturated carbocycles. The van der Waals surface area contributed by atoms with Gasteiger partial charge in [-0.25, -0.2) is 4.98 Å². The molecule has 1 aliphatic heterocycles. The standard InChI is InChI=1S/C17H19F3N2O/c18-17(19,20)15-6-2-1-5-14(15)16-21-8-10-22(16)9-7-13-4-3-11-23-12-13/h1-2,5-6,8,10,13H,3-4,7,9,11-12H2. The SMILES string of the molecule is FC(F)(F)c1ccccc1-c1nccn1CCC1CCCOC1. The first-order valence-corrected chi connectivity index (χ1v) is 7.81. The van der Waals surface area contributed by atoms with E-state index >= 15 is 0 Å². The molecule has 1 aromatic carbocycles. The summed E-state index contributed by atoms with van der Waals surface area (Å²) in [5.74, 6) is 0.839. The molecule has 0 aliphatic carbocycles. The predicted octanol–water partition coefficient (Wildman–Crippen LogP) is 4.39. The monoisotopic (exact) mass is 324 g/mol. The van der Waals surface area contributed by atoms with Crippen LogP contribution in [0.2, 0.25) is 0 Å². The molecule has 0 spiro atoms. The Morgan fingerprint density at radius 2 is 2.09 bits per heavy atom. The number of aromatic nitrogens is 2. The van der Waals surface area contributed by atoms with Crippen LogP contribution in [0.5, 0.6) is 0 Å². The van der Waals surface area contributed by atoms with Crippen LogP contribution in [0.25, 0.3) is 11.4 Å². The number of ether oxygens (including phenoxy) is 1. The second-order valence-corrected chi connectivity index (χ2v) is 5.86. The lowest BCUT2D eigenvalue weighted by molar-refractivity contribution is -0.137. The van der Waals surface area contributed by atoms with Gasteiger partial charge in [0, 0.05) is 37.7 Å². The fourth-order valence-corrected chi connectivity index (χ4v) is 3.02. The molecule has 2 aromatic rings. The van der Waals surface area contributed by atoms with Crippen LogP contribution in [0, 0.1) is 5.92 Å². The maximum absolute atomic E-state index is 13.2. The van der Waals surface area contributed by atoms with E-state index < -0.39 is 11.7 Å². The molecule has 2 heterocycles. The Balaban J connectivity index is 1.81. The molecule has 3 rings (SSSR count). The molecule has 124 valence electrons. The highest BCUT2D eigenvalue weighted by Gasteiger charge is 2.34. The minimum atomic E-state index is -4.38. The molecule has 0 bridgehead atoms. The Bertz CT molecular complexity index is 645. The van der Waals surface area contributed by atoms with Crippen LogP contribution in [0.1, 0.15) is 24.8 Å². The summed E-state index contributed by atoms with van der Waals surface area (Å²) >= 11 is 0. The minimum absolute atomic E-state index is 0.130. The van der Waals surface area contributed by atoms with E-state index in [4.69, 9.17) is 4.74 Å². The predicted molar refractivity (Wildman–Crippen MR) is 80.8 cm³/mol. The van der Waals surface area contributed by atoms with E-state index in [9.17, 15) is 13.2 Å². The summed E-state index contributed by atoms with van der Waals surface area (Å²) in [5.41, 5.74) is -0.515. The van der Waals surface area contributed by atoms with Gasteiger partial charge in [-0.15, -0.1) is 0 Å². The van der Waals surface area contributed by atoms with Gasteiger partial charge in [-0.2, -0.15) is 13.2 Å². The second-order valence-electron chi connectivity index (χ2n) is 5.86. The van der Waals surface area contributed by atoms with Crippen molar-refractivity contribution in [3.05, 3.63) is 42.2 Å². The van der Waals surface area contributed by atoms with Crippen molar-refractivity contribution in [1.29, 1.82) is 0 Å². The Kier molecular flexibility index (Phi) is 4.71. The Labute approximate surface area is 133 Å². The van der Waals surface area contributed by atoms with E-state index in [0.29, 0.717) is 18.3 Å². The summed E-state index contributed by atoms with van der Waals surface area (Å²) in [4.78, 5) is 4.16. The fourth-order valence-electron chi connectivity index (χ4n) is 3.02. The van der Waals surface area contributed by atoms with Gasteiger partial charge >= 0.3 is 6.18 Å². The topological polar surface area (TPSA) is 27.1 Å². The maximum atomic E-state index is 13.2. The third kappa shape index (κ3) is 3.75. The number of rotatable bonds is 4. The normalized spacial score (nSPS) is 19.0. The molecule has 0 N–H and O–H groups in total. The van der Waals surface area contributed by atoms with E-state index in [1.807, 2.05) is 0 Å². The van der Waals surface area contributed by atoms with Crippen molar-refractivity contribution in [2.75, 3.05) is 13.2 Å². The highest BCUT2D eigenvalue weighted by Crippen LogP contribution is 2.36. The Hall–Kier alpha value is -1.82. The van der Waals surface area contributed by atoms with E-state index in [2.05, 4.69) is 4.98 Å². The second kappa shape index (κ2) is 6.74. The van der Waals surface area contributed by atoms with Crippen molar-refractivity contribution in [2.24, 2.45) is 5.92 Å². The van der Waals surface area contributed by atoms with Crippen LogP contribution < -0.4 is 0 Å². The molecule has 1 aliphatic rings. The van der Waals surface area contributed by atoms with Gasteiger partial charge in [0.2, 0.25) is 0 Å². The molecule has 0 radical (unpaired) electrons. The van der Waals surface area contributed by atoms with Gasteiger partial charge in [0.15, 0.2) is 0 Å². The zero-order valence-electron chi connectivity index (χ0n) is 12.7. The number of hydrogen-bond acceptors (Lipinski definition) is 2. The van der Waals surface area contributed by atoms with Crippen LogP contribution in [0.3, 0.4) is 0 Å². The smallest absolute Gasteiger partial charge is 0.381 e. The molecule has 1 fully saturated rings. The number of nitrogens with zero attached hydrogens (tertiary/aromatic N) is 2. The third-order valence-electron chi connectivity index (χ3n) is 4.22. The fraction of sp³-hybridized carbons (Fsp3) is 0.471. The molecular weight excluding hydrogens is 305 g/mol. The quantitative estimate of drug-likeness (QED) is 0.834. The molecule has 1 saturated heterocycles. The number of hydrogen-bond donors (Lipinski definition) is 0. The third-order valence-corrected chi connectivity index (χ3v) is 4.22. The first-order valence-electron chi connectivity index (χ1n) is 7.81. The number of benzene rings is 1. The van der Waals surface area contributed by atoms with Gasteiger partial charge in [-0.1, -0.05) is 18.2 Å². The summed E-state index contributed by atoms with van der Waals surface area (Å²) < 4.78 is 46.8. The average molecular weight is 324 g/mol. The van der Waals surface area contributed by atoms with Gasteiger partial charge in [0.05, 0.1) is 5.56 Å². The maximum Gasteiger partial charge on any atom is 0.417 e. The molecule has 6 heteroatoms. The van der Waals surface area contributed by atoms with Crippen molar-refractivity contribution in [2.45, 2.75) is 32.0 Å². The van der Waals surface area contributed by atoms with Gasteiger partial charge in [-0.3, -0.25) is 0 Å². The lowest BCUT2D eigenvalue weighted by atomic mass is 9.98. The summed E-state index contributed by atoms with van der Waals surface area (Å²) in [6.07, 6.45) is 1.97. The summed E-state index contributed by atoms with van der Waals surface area (Å²) in [6.45, 7) is 2.20. The van der Waals surface area contributed by atoms with E-state index in [1.54, 1.807) is 23.0 Å². The largest absolute Gasteiger partial charge is 0.417 e. The first-order chi connectivity index (χ1) is 11.1. The molecule has 1 unspecified atom stereocenters. The molecule has 1 atom stereocenters. The molecule has 1 aromatic heterocycles. The average Bonchev–Trinajstić information content (AvgIpc) is 3.01. The van der Waals surface area contributed by atoms with Gasteiger partial charge in [-0.05, 0) is 31.2 Å². The van der Waals surface area contributed by atoms with Crippen LogP contribution in [-0.4, -0.2) is 22.8 Å². The summed E-state index contributed by atoms with van der Waals surface area (Å²) in [5, 5.41) is 0. The lowest BCUT2D eigenvalue weighted by Crippen LogP contribution is -2.19. The van der Waals surface area contributed by atoms with Crippen LogP contribution >= 0.6 is 0 Å². The highest BCUT2D eigenvalue weighted by molar-refractivity contribution is 5.61. The van der Waals surface area contributed by atoms with E-state index in [-0.39, 0.29) is 5.56 Å². The van der Waals surface area contributed by atoms with Crippen LogP contribution in [-0.2, 0) is 17.5 Å². The van der Waals surface area contributed by atoms with Crippen molar-refractivity contribution < 1.29 is 17.9 Å². The Morgan fingerprint density at radius 1 is 1.26 bits per heavy atom. The van der Waals surface area contributed by atoms with Crippen molar-refractivity contribution in [3.8, 4) is 11.4 Å². The number of aryl methyl sites for hydroxylation is 1. The summed E-state index contributed by atoms with van der Waals surface area (Å²) in [6, 6.07) is 5.59. The van der Waals surface area contributed by atoms with Crippen LogP contribution in [0.4, 0.5) is 13.2 Å². The molecule has 3 nitrogen and oxygen atoms in total. The Morgan fingerprint density at radius 3 is 2.83 bits per heavy atom. The molecule has 0 amide bonds. The molecule has 23 heavy (non-hydrogen) atoms. The van der Waals surface area contributed by atoms with E-state index in [1.165, 1.54) is 12.1 Å². The van der Waals surface area contributed by atoms with Gasteiger partial charge < -0.3 is 9.30 Å². The van der Waals surface area contributed by atoms with E-state index in [0.717, 1.165) is 38.5 Å². The van der Waals surface area contributed by atoms with Crippen molar-refractivity contribution in [1.82, 2.24) is 9.55 Å².